The van der Waals surface area contributed by atoms with E-state index in [1.165, 1.54) is 21.8 Å². The van der Waals surface area contributed by atoms with Crippen LogP contribution in [0.4, 0.5) is 14.5 Å². The molecule has 120 valence electrons. The van der Waals surface area contributed by atoms with E-state index in [1.807, 2.05) is 0 Å². The second kappa shape index (κ2) is 5.72. The van der Waals surface area contributed by atoms with E-state index in [9.17, 15) is 24.0 Å². The molecule has 2 heterocycles. The number of aromatic nitrogens is 4. The highest BCUT2D eigenvalue weighted by molar-refractivity contribution is 5.75. The van der Waals surface area contributed by atoms with E-state index in [0.29, 0.717) is 5.52 Å². The first-order valence-corrected chi connectivity index (χ1v) is 6.59. The number of hydrogen-bond acceptors (Lipinski definition) is 5. The average Bonchev–Trinajstić information content (AvgIpc) is 3.08. The molecule has 3 rings (SSSR count). The summed E-state index contributed by atoms with van der Waals surface area (Å²) in [5, 5.41) is 24.4. The lowest BCUT2D eigenvalue weighted by molar-refractivity contribution is -0.385. The lowest BCUT2D eigenvalue weighted by atomic mass is 10.3. The summed E-state index contributed by atoms with van der Waals surface area (Å²) in [5.41, 5.74) is 0.433. The number of benzene rings is 1. The van der Waals surface area contributed by atoms with Crippen LogP contribution in [0.15, 0.2) is 30.9 Å². The van der Waals surface area contributed by atoms with Gasteiger partial charge < -0.3 is 9.67 Å². The third kappa shape index (κ3) is 3.01. The number of imidazole rings is 1. The third-order valence-corrected chi connectivity index (χ3v) is 3.30. The highest BCUT2D eigenvalue weighted by Crippen LogP contribution is 2.18. The lowest BCUT2D eigenvalue weighted by Crippen LogP contribution is -2.22. The Bertz CT molecular complexity index is 876. The molecule has 2 aromatic heterocycles. The zero-order valence-corrected chi connectivity index (χ0v) is 11.6. The van der Waals surface area contributed by atoms with Crippen molar-refractivity contribution in [3.8, 4) is 0 Å². The van der Waals surface area contributed by atoms with Crippen LogP contribution in [0, 0.1) is 21.7 Å². The van der Waals surface area contributed by atoms with Gasteiger partial charge >= 0.3 is 5.69 Å². The van der Waals surface area contributed by atoms with Crippen LogP contribution in [0.25, 0.3) is 11.0 Å². The Labute approximate surface area is 127 Å². The number of aliphatic hydroxyl groups is 1. The van der Waals surface area contributed by atoms with Crippen LogP contribution in [0.3, 0.4) is 0 Å². The molecule has 0 aliphatic heterocycles. The van der Waals surface area contributed by atoms with Gasteiger partial charge in [0.25, 0.3) is 0 Å². The summed E-state index contributed by atoms with van der Waals surface area (Å²) < 4.78 is 29.2. The van der Waals surface area contributed by atoms with Crippen molar-refractivity contribution in [2.75, 3.05) is 0 Å². The summed E-state index contributed by atoms with van der Waals surface area (Å²) in [7, 11) is 0. The maximum absolute atomic E-state index is 13.3. The molecule has 0 aliphatic rings. The number of nitrogens with zero attached hydrogens (tertiary/aromatic N) is 5. The van der Waals surface area contributed by atoms with E-state index >= 15 is 0 Å². The Morgan fingerprint density at radius 2 is 2.04 bits per heavy atom. The highest BCUT2D eigenvalue weighted by atomic mass is 19.2. The van der Waals surface area contributed by atoms with Gasteiger partial charge in [-0.25, -0.2) is 13.8 Å². The second-order valence-corrected chi connectivity index (χ2v) is 4.98. The van der Waals surface area contributed by atoms with Crippen LogP contribution < -0.4 is 0 Å². The minimum atomic E-state index is -1.00. The lowest BCUT2D eigenvalue weighted by Gasteiger charge is -2.12. The number of aliphatic hydroxyl groups excluding tert-OH is 1. The van der Waals surface area contributed by atoms with Crippen molar-refractivity contribution in [2.45, 2.75) is 19.2 Å². The van der Waals surface area contributed by atoms with Gasteiger partial charge in [-0.15, -0.1) is 0 Å². The first kappa shape index (κ1) is 15.0. The average molecular weight is 323 g/mol. The molecule has 1 atom stereocenters. The molecule has 0 fully saturated rings. The van der Waals surface area contributed by atoms with Crippen LogP contribution >= 0.6 is 0 Å². The second-order valence-electron chi connectivity index (χ2n) is 4.98. The zero-order valence-electron chi connectivity index (χ0n) is 11.6. The first-order chi connectivity index (χ1) is 10.9. The molecule has 10 heteroatoms. The van der Waals surface area contributed by atoms with Crippen molar-refractivity contribution in [1.29, 1.82) is 0 Å². The van der Waals surface area contributed by atoms with E-state index in [0.717, 1.165) is 18.3 Å². The zero-order chi connectivity index (χ0) is 16.6. The first-order valence-electron chi connectivity index (χ1n) is 6.59. The molecule has 23 heavy (non-hydrogen) atoms. The van der Waals surface area contributed by atoms with Crippen molar-refractivity contribution in [3.63, 3.8) is 0 Å². The van der Waals surface area contributed by atoms with E-state index in [1.54, 1.807) is 0 Å². The molecule has 8 nitrogen and oxygen atoms in total. The molecule has 0 saturated heterocycles. The minimum absolute atomic E-state index is 0.0111. The van der Waals surface area contributed by atoms with E-state index in [4.69, 9.17) is 0 Å². The largest absolute Gasteiger partial charge is 0.389 e. The molecule has 0 radical (unpaired) electrons. The molecule has 0 unspecified atom stereocenters. The SMILES string of the molecule is O=[N+]([O-])c1cnn(C[C@@H](O)Cn2cnc3cc(F)c(F)cc32)c1. The summed E-state index contributed by atoms with van der Waals surface area (Å²) in [6.07, 6.45) is 2.69. The molecule has 0 amide bonds. The monoisotopic (exact) mass is 323 g/mol. The fourth-order valence-corrected chi connectivity index (χ4v) is 2.25. The minimum Gasteiger partial charge on any atom is -0.389 e. The Balaban J connectivity index is 1.75. The topological polar surface area (TPSA) is 99.0 Å². The molecule has 1 N–H and O–H groups in total. The predicted molar refractivity (Wildman–Crippen MR) is 74.5 cm³/mol. The summed E-state index contributed by atoms with van der Waals surface area (Å²) in [4.78, 5) is 13.9. The van der Waals surface area contributed by atoms with Crippen LogP contribution in [-0.2, 0) is 13.1 Å². The van der Waals surface area contributed by atoms with Crippen molar-refractivity contribution in [1.82, 2.24) is 19.3 Å². The van der Waals surface area contributed by atoms with Crippen molar-refractivity contribution < 1.29 is 18.8 Å². The Hall–Kier alpha value is -2.88. The van der Waals surface area contributed by atoms with Gasteiger partial charge in [0.15, 0.2) is 11.6 Å². The molecular formula is C13H11F2N5O3. The molecule has 3 aromatic rings. The van der Waals surface area contributed by atoms with Crippen molar-refractivity contribution in [2.24, 2.45) is 0 Å². The number of rotatable bonds is 5. The molecule has 0 saturated carbocycles. The number of fused-ring (bicyclic) bond motifs is 1. The van der Waals surface area contributed by atoms with Crippen molar-refractivity contribution >= 4 is 16.7 Å². The molecule has 0 bridgehead atoms. The summed E-state index contributed by atoms with van der Waals surface area (Å²) in [5.74, 6) is -2.00. The normalized spacial score (nSPS) is 12.7. The van der Waals surface area contributed by atoms with Gasteiger partial charge in [0.05, 0.1) is 41.5 Å². The van der Waals surface area contributed by atoms with Gasteiger partial charge in [-0.1, -0.05) is 0 Å². The quantitative estimate of drug-likeness (QED) is 0.566. The smallest absolute Gasteiger partial charge is 0.306 e. The van der Waals surface area contributed by atoms with Gasteiger partial charge in [0, 0.05) is 12.1 Å². The predicted octanol–water partition coefficient (Wildman–Crippen LogP) is 1.48. The van der Waals surface area contributed by atoms with Gasteiger partial charge in [-0.2, -0.15) is 5.10 Å². The van der Waals surface area contributed by atoms with Crippen molar-refractivity contribution in [3.05, 3.63) is 52.6 Å². The molecule has 0 aliphatic carbocycles. The van der Waals surface area contributed by atoms with E-state index in [2.05, 4.69) is 10.1 Å². The number of halogens is 2. The van der Waals surface area contributed by atoms with E-state index in [-0.39, 0.29) is 24.3 Å². The summed E-state index contributed by atoms with van der Waals surface area (Å²) in [6, 6.07) is 1.98. The Morgan fingerprint density at radius 1 is 1.30 bits per heavy atom. The third-order valence-electron chi connectivity index (χ3n) is 3.30. The maximum Gasteiger partial charge on any atom is 0.306 e. The molecule has 1 aromatic carbocycles. The van der Waals surface area contributed by atoms with Crippen LogP contribution in [0.5, 0.6) is 0 Å². The van der Waals surface area contributed by atoms with Gasteiger partial charge in [0.1, 0.15) is 12.4 Å². The molecular weight excluding hydrogens is 312 g/mol. The fourth-order valence-electron chi connectivity index (χ4n) is 2.25. The maximum atomic E-state index is 13.3. The summed E-state index contributed by atoms with van der Waals surface area (Å²) in [6.45, 7) is 0.0619. The highest BCUT2D eigenvalue weighted by Gasteiger charge is 2.14. The van der Waals surface area contributed by atoms with E-state index < -0.39 is 22.7 Å². The van der Waals surface area contributed by atoms with Gasteiger partial charge in [0.2, 0.25) is 0 Å². The van der Waals surface area contributed by atoms with Crippen LogP contribution in [0.2, 0.25) is 0 Å². The Kier molecular flexibility index (Phi) is 3.74. The number of nitro groups is 1. The van der Waals surface area contributed by atoms with Crippen LogP contribution in [0.1, 0.15) is 0 Å². The fraction of sp³-hybridized carbons (Fsp3) is 0.231. The standard InChI is InChI=1S/C13H11F2N5O3/c14-10-1-12-13(2-11(10)15)18(7-16-12)5-9(21)6-19-4-8(3-17-19)20(22)23/h1-4,7,9,21H,5-6H2/t9-/m0/s1. The number of hydrogen-bond donors (Lipinski definition) is 1. The molecule has 0 spiro atoms. The van der Waals surface area contributed by atoms with Gasteiger partial charge in [-0.05, 0) is 0 Å². The summed E-state index contributed by atoms with van der Waals surface area (Å²) >= 11 is 0. The Morgan fingerprint density at radius 3 is 2.74 bits per heavy atom. The van der Waals surface area contributed by atoms with Crippen LogP contribution in [-0.4, -0.2) is 35.5 Å². The van der Waals surface area contributed by atoms with Gasteiger partial charge in [-0.3, -0.25) is 14.8 Å².